The molecule has 0 unspecified atom stereocenters. The summed E-state index contributed by atoms with van der Waals surface area (Å²) >= 11 is 5.66. The molecule has 5 nitrogen and oxygen atoms in total. The Hall–Kier alpha value is -1.88. The second kappa shape index (κ2) is 5.27. The van der Waals surface area contributed by atoms with E-state index in [1.54, 1.807) is 24.3 Å². The number of nitrogens with one attached hydrogen (secondary N) is 1. The topological polar surface area (TPSA) is 78.8 Å². The van der Waals surface area contributed by atoms with Crippen molar-refractivity contribution in [2.75, 3.05) is 5.32 Å². The highest BCUT2D eigenvalue weighted by Gasteiger charge is 2.13. The van der Waals surface area contributed by atoms with E-state index in [-0.39, 0.29) is 0 Å². The maximum absolute atomic E-state index is 11.4. The molecule has 0 spiro atoms. The minimum Gasteiger partial charge on any atom is -0.510 e. The van der Waals surface area contributed by atoms with Gasteiger partial charge in [-0.1, -0.05) is 11.6 Å². The molecule has 2 N–H and O–H groups in total. The predicted molar refractivity (Wildman–Crippen MR) is 61.2 cm³/mol. The number of nitroso groups, excluding NO2 is 1. The Bertz CT molecular complexity index is 436. The lowest BCUT2D eigenvalue weighted by molar-refractivity contribution is -0.113. The lowest BCUT2D eigenvalue weighted by Gasteiger charge is -2.04. The molecule has 84 valence electrons. The number of halogens is 1. The van der Waals surface area contributed by atoms with Gasteiger partial charge in [0, 0.05) is 10.7 Å². The van der Waals surface area contributed by atoms with Gasteiger partial charge in [0.1, 0.15) is 5.76 Å². The number of nitrogens with zero attached hydrogens (tertiary/aromatic N) is 1. The molecule has 0 saturated carbocycles. The van der Waals surface area contributed by atoms with Gasteiger partial charge >= 0.3 is 0 Å². The second-order valence-corrected chi connectivity index (χ2v) is 3.42. The van der Waals surface area contributed by atoms with Crippen molar-refractivity contribution in [2.24, 2.45) is 5.18 Å². The van der Waals surface area contributed by atoms with Gasteiger partial charge in [-0.25, -0.2) is 0 Å². The smallest absolute Gasteiger partial charge is 0.281 e. The summed E-state index contributed by atoms with van der Waals surface area (Å²) in [5.41, 5.74) is -0.0910. The van der Waals surface area contributed by atoms with E-state index in [2.05, 4.69) is 10.5 Å². The molecule has 0 radical (unpaired) electrons. The molecule has 1 aromatic carbocycles. The summed E-state index contributed by atoms with van der Waals surface area (Å²) in [5, 5.41) is 14.4. The van der Waals surface area contributed by atoms with Crippen LogP contribution in [0.4, 0.5) is 5.69 Å². The Labute approximate surface area is 96.7 Å². The fraction of sp³-hybridized carbons (Fsp3) is 0.100. The van der Waals surface area contributed by atoms with Crippen molar-refractivity contribution in [2.45, 2.75) is 6.92 Å². The monoisotopic (exact) mass is 240 g/mol. The van der Waals surface area contributed by atoms with Crippen LogP contribution >= 0.6 is 11.6 Å². The molecule has 0 fully saturated rings. The summed E-state index contributed by atoms with van der Waals surface area (Å²) in [7, 11) is 0. The summed E-state index contributed by atoms with van der Waals surface area (Å²) in [5.74, 6) is -1.20. The fourth-order valence-corrected chi connectivity index (χ4v) is 1.12. The highest BCUT2D eigenvalue weighted by molar-refractivity contribution is 6.30. The number of hydrogen-bond donors (Lipinski definition) is 2. The molecule has 6 heteroatoms. The van der Waals surface area contributed by atoms with Crippen LogP contribution in [0.25, 0.3) is 0 Å². The molecule has 0 aliphatic heterocycles. The standard InChI is InChI=1S/C10H9ClN2O3/c1-6(14)9(13-16)10(15)12-8-4-2-7(11)3-5-8/h2-5,14H,1H3,(H,12,15). The number of anilines is 1. The molecule has 1 rings (SSSR count). The molecule has 0 heterocycles. The third-order valence-corrected chi connectivity index (χ3v) is 2.00. The van der Waals surface area contributed by atoms with Crippen molar-refractivity contribution < 1.29 is 9.90 Å². The minimum absolute atomic E-state index is 0.429. The molecule has 0 aliphatic rings. The van der Waals surface area contributed by atoms with Crippen LogP contribution in [0, 0.1) is 4.91 Å². The lowest BCUT2D eigenvalue weighted by atomic mass is 10.3. The van der Waals surface area contributed by atoms with Crippen molar-refractivity contribution >= 4 is 23.2 Å². The summed E-state index contributed by atoms with van der Waals surface area (Å²) in [4.78, 5) is 21.7. The maximum Gasteiger partial charge on any atom is 0.281 e. The molecule has 0 atom stereocenters. The van der Waals surface area contributed by atoms with Crippen LogP contribution in [0.5, 0.6) is 0 Å². The Morgan fingerprint density at radius 3 is 2.38 bits per heavy atom. The highest BCUT2D eigenvalue weighted by Crippen LogP contribution is 2.14. The molecular weight excluding hydrogens is 232 g/mol. The van der Waals surface area contributed by atoms with Gasteiger partial charge in [0.05, 0.1) is 0 Å². The van der Waals surface area contributed by atoms with Gasteiger partial charge in [0.15, 0.2) is 0 Å². The number of amides is 1. The first-order valence-electron chi connectivity index (χ1n) is 4.34. The average molecular weight is 241 g/mol. The fourth-order valence-electron chi connectivity index (χ4n) is 0.995. The number of aliphatic hydroxyl groups excluding tert-OH is 1. The quantitative estimate of drug-likeness (QED) is 0.484. The molecule has 0 aromatic heterocycles. The molecule has 1 amide bonds. The van der Waals surface area contributed by atoms with Crippen LogP contribution in [0.1, 0.15) is 6.92 Å². The van der Waals surface area contributed by atoms with E-state index in [1.807, 2.05) is 0 Å². The first-order chi connectivity index (χ1) is 7.54. The number of allylic oxidation sites excluding steroid dienone is 1. The molecular formula is C10H9ClN2O3. The van der Waals surface area contributed by atoms with Gasteiger partial charge < -0.3 is 10.4 Å². The Balaban J connectivity index is 2.83. The third-order valence-electron chi connectivity index (χ3n) is 1.75. The van der Waals surface area contributed by atoms with Crippen LogP contribution in [-0.2, 0) is 4.79 Å². The van der Waals surface area contributed by atoms with Gasteiger partial charge in [0.25, 0.3) is 5.91 Å². The zero-order valence-electron chi connectivity index (χ0n) is 8.40. The van der Waals surface area contributed by atoms with Crippen LogP contribution in [0.2, 0.25) is 5.02 Å². The van der Waals surface area contributed by atoms with E-state index in [1.165, 1.54) is 6.92 Å². The normalized spacial score (nSPS) is 11.6. The second-order valence-electron chi connectivity index (χ2n) is 2.99. The number of carbonyl (C=O) groups excluding carboxylic acids is 1. The molecule has 0 bridgehead atoms. The molecule has 1 aromatic rings. The number of rotatable bonds is 3. The van der Waals surface area contributed by atoms with Gasteiger partial charge in [-0.05, 0) is 36.4 Å². The average Bonchev–Trinajstić information content (AvgIpc) is 2.22. The van der Waals surface area contributed by atoms with Gasteiger partial charge in [-0.2, -0.15) is 0 Å². The number of carbonyl (C=O) groups is 1. The number of benzene rings is 1. The van der Waals surface area contributed by atoms with E-state index in [4.69, 9.17) is 16.7 Å². The van der Waals surface area contributed by atoms with Crippen LogP contribution in [0.15, 0.2) is 40.9 Å². The van der Waals surface area contributed by atoms with Crippen molar-refractivity contribution in [3.63, 3.8) is 0 Å². The molecule has 0 saturated heterocycles. The van der Waals surface area contributed by atoms with Gasteiger partial charge in [-0.15, -0.1) is 4.91 Å². The van der Waals surface area contributed by atoms with Crippen molar-refractivity contribution in [3.05, 3.63) is 45.7 Å². The van der Waals surface area contributed by atoms with Crippen molar-refractivity contribution in [3.8, 4) is 0 Å². The van der Waals surface area contributed by atoms with E-state index in [0.717, 1.165) is 0 Å². The number of hydrogen-bond acceptors (Lipinski definition) is 4. The Kier molecular flexibility index (Phi) is 4.02. The molecule has 0 aliphatic carbocycles. The summed E-state index contributed by atoms with van der Waals surface area (Å²) in [6.07, 6.45) is 0. The SMILES string of the molecule is CC(O)=C(N=O)C(=O)Nc1ccc(Cl)cc1. The van der Waals surface area contributed by atoms with Crippen molar-refractivity contribution in [1.82, 2.24) is 0 Å². The van der Waals surface area contributed by atoms with Crippen LogP contribution < -0.4 is 5.32 Å². The first kappa shape index (κ1) is 12.2. The lowest BCUT2D eigenvalue weighted by Crippen LogP contribution is -2.14. The van der Waals surface area contributed by atoms with Crippen LogP contribution in [0.3, 0.4) is 0 Å². The van der Waals surface area contributed by atoms with Crippen molar-refractivity contribution in [1.29, 1.82) is 0 Å². The van der Waals surface area contributed by atoms with E-state index >= 15 is 0 Å². The van der Waals surface area contributed by atoms with E-state index in [9.17, 15) is 9.70 Å². The van der Waals surface area contributed by atoms with Gasteiger partial charge in [0.2, 0.25) is 5.70 Å². The zero-order valence-corrected chi connectivity index (χ0v) is 9.15. The number of aliphatic hydroxyl groups is 1. The van der Waals surface area contributed by atoms with Crippen LogP contribution in [-0.4, -0.2) is 11.0 Å². The highest BCUT2D eigenvalue weighted by atomic mass is 35.5. The van der Waals surface area contributed by atoms with E-state index < -0.39 is 17.4 Å². The Morgan fingerprint density at radius 2 is 1.94 bits per heavy atom. The van der Waals surface area contributed by atoms with Gasteiger partial charge in [-0.3, -0.25) is 4.79 Å². The predicted octanol–water partition coefficient (Wildman–Crippen LogP) is 2.83. The maximum atomic E-state index is 11.4. The molecule has 16 heavy (non-hydrogen) atoms. The third kappa shape index (κ3) is 3.06. The zero-order chi connectivity index (χ0) is 12.1. The minimum atomic E-state index is -0.766. The largest absolute Gasteiger partial charge is 0.510 e. The summed E-state index contributed by atoms with van der Waals surface area (Å²) < 4.78 is 0. The Morgan fingerprint density at radius 1 is 1.38 bits per heavy atom. The summed E-state index contributed by atoms with van der Waals surface area (Å²) in [6.45, 7) is 1.21. The summed E-state index contributed by atoms with van der Waals surface area (Å²) in [6, 6.07) is 6.30. The first-order valence-corrected chi connectivity index (χ1v) is 4.72. The van der Waals surface area contributed by atoms with E-state index in [0.29, 0.717) is 10.7 Å².